The summed E-state index contributed by atoms with van der Waals surface area (Å²) in [4.78, 5) is 0. The molecule has 0 heterocycles. The van der Waals surface area contributed by atoms with Gasteiger partial charge < -0.3 is 5.11 Å². The maximum atomic E-state index is 8.70. The third-order valence-electron chi connectivity index (χ3n) is 3.15. The molecule has 0 aromatic carbocycles. The van der Waals surface area contributed by atoms with Gasteiger partial charge in [-0.05, 0) is 30.6 Å². The molecule has 92 valence electrons. The highest BCUT2D eigenvalue weighted by Crippen LogP contribution is 2.27. The number of rotatable bonds is 8. The molecule has 0 saturated carbocycles. The van der Waals surface area contributed by atoms with E-state index < -0.39 is 0 Å². The third-order valence-corrected chi connectivity index (χ3v) is 3.15. The zero-order valence-corrected chi connectivity index (χ0v) is 11.2. The van der Waals surface area contributed by atoms with Crippen molar-refractivity contribution in [2.24, 2.45) is 11.3 Å². The van der Waals surface area contributed by atoms with Gasteiger partial charge in [0.25, 0.3) is 0 Å². The Morgan fingerprint density at radius 2 is 1.67 bits per heavy atom. The van der Waals surface area contributed by atoms with Crippen molar-refractivity contribution in [2.45, 2.75) is 72.6 Å². The van der Waals surface area contributed by atoms with Crippen molar-refractivity contribution in [3.63, 3.8) is 0 Å². The molecule has 0 aromatic heterocycles. The Labute approximate surface area is 96.3 Å². The molecule has 1 atom stereocenters. The quantitative estimate of drug-likeness (QED) is 0.594. The van der Waals surface area contributed by atoms with Gasteiger partial charge in [-0.3, -0.25) is 0 Å². The molecule has 0 unspecified atom stereocenters. The fraction of sp³-hybridized carbons (Fsp3) is 1.00. The van der Waals surface area contributed by atoms with E-state index in [4.69, 9.17) is 5.11 Å². The van der Waals surface area contributed by atoms with Gasteiger partial charge in [-0.2, -0.15) is 0 Å². The van der Waals surface area contributed by atoms with Crippen LogP contribution in [0.15, 0.2) is 0 Å². The lowest BCUT2D eigenvalue weighted by Crippen LogP contribution is -2.09. The van der Waals surface area contributed by atoms with Crippen molar-refractivity contribution in [3.8, 4) is 0 Å². The molecular weight excluding hydrogens is 184 g/mol. The van der Waals surface area contributed by atoms with Gasteiger partial charge in [0.05, 0.1) is 0 Å². The predicted molar refractivity (Wildman–Crippen MR) is 68.0 cm³/mol. The average molecular weight is 214 g/mol. The fourth-order valence-corrected chi connectivity index (χ4v) is 1.91. The molecule has 0 amide bonds. The number of unbranched alkanes of at least 4 members (excludes halogenated alkanes) is 2. The largest absolute Gasteiger partial charge is 0.396 e. The van der Waals surface area contributed by atoms with Gasteiger partial charge in [0.1, 0.15) is 0 Å². The number of hydrogen-bond donors (Lipinski definition) is 1. The van der Waals surface area contributed by atoms with Gasteiger partial charge in [-0.1, -0.05) is 53.4 Å². The first-order valence-corrected chi connectivity index (χ1v) is 6.60. The molecule has 0 fully saturated rings. The second kappa shape index (κ2) is 8.15. The van der Waals surface area contributed by atoms with Crippen molar-refractivity contribution in [3.05, 3.63) is 0 Å². The first kappa shape index (κ1) is 15.0. The van der Waals surface area contributed by atoms with Gasteiger partial charge >= 0.3 is 0 Å². The SMILES string of the molecule is CC[C@H](CCCCCO)CCC(C)(C)C. The summed E-state index contributed by atoms with van der Waals surface area (Å²) in [6.45, 7) is 9.64. The van der Waals surface area contributed by atoms with Gasteiger partial charge in [0.2, 0.25) is 0 Å². The molecule has 0 radical (unpaired) electrons. The zero-order chi connectivity index (χ0) is 11.7. The Kier molecular flexibility index (Phi) is 8.13. The van der Waals surface area contributed by atoms with E-state index >= 15 is 0 Å². The summed E-state index contributed by atoms with van der Waals surface area (Å²) < 4.78 is 0. The molecule has 0 aliphatic heterocycles. The normalized spacial score (nSPS) is 14.2. The Balaban J connectivity index is 3.55. The number of hydrogen-bond acceptors (Lipinski definition) is 1. The van der Waals surface area contributed by atoms with Crippen LogP contribution in [0.4, 0.5) is 0 Å². The molecule has 0 saturated heterocycles. The van der Waals surface area contributed by atoms with E-state index in [1.807, 2.05) is 0 Å². The summed E-state index contributed by atoms with van der Waals surface area (Å²) in [5.74, 6) is 0.905. The Morgan fingerprint density at radius 3 is 2.13 bits per heavy atom. The van der Waals surface area contributed by atoms with Crippen molar-refractivity contribution in [2.75, 3.05) is 6.61 Å². The molecular formula is C14H30O. The van der Waals surface area contributed by atoms with Gasteiger partial charge in [-0.15, -0.1) is 0 Å². The Bertz CT molecular complexity index is 135. The molecule has 0 bridgehead atoms. The summed E-state index contributed by atoms with van der Waals surface area (Å²) in [6.07, 6.45) is 8.86. The van der Waals surface area contributed by atoms with E-state index in [9.17, 15) is 0 Å². The number of aliphatic hydroxyl groups excluding tert-OH is 1. The minimum Gasteiger partial charge on any atom is -0.396 e. The minimum absolute atomic E-state index is 0.360. The Morgan fingerprint density at radius 1 is 1.00 bits per heavy atom. The highest BCUT2D eigenvalue weighted by molar-refractivity contribution is 4.66. The van der Waals surface area contributed by atoms with E-state index in [0.717, 1.165) is 12.3 Å². The molecule has 1 heteroatoms. The topological polar surface area (TPSA) is 20.2 Å². The van der Waals surface area contributed by atoms with Crippen LogP contribution in [0.3, 0.4) is 0 Å². The van der Waals surface area contributed by atoms with E-state index in [0.29, 0.717) is 12.0 Å². The molecule has 0 aliphatic rings. The van der Waals surface area contributed by atoms with Gasteiger partial charge in [0.15, 0.2) is 0 Å². The van der Waals surface area contributed by atoms with Crippen molar-refractivity contribution >= 4 is 0 Å². The van der Waals surface area contributed by atoms with Gasteiger partial charge in [-0.25, -0.2) is 0 Å². The minimum atomic E-state index is 0.360. The molecule has 0 spiro atoms. The van der Waals surface area contributed by atoms with Crippen LogP contribution in [0.1, 0.15) is 72.6 Å². The molecule has 15 heavy (non-hydrogen) atoms. The number of aliphatic hydroxyl groups is 1. The summed E-state index contributed by atoms with van der Waals surface area (Å²) in [6, 6.07) is 0. The fourth-order valence-electron chi connectivity index (χ4n) is 1.91. The first-order chi connectivity index (χ1) is 6.99. The highest BCUT2D eigenvalue weighted by atomic mass is 16.2. The standard InChI is InChI=1S/C14H30O/c1-5-13(9-7-6-8-12-15)10-11-14(2,3)4/h13,15H,5-12H2,1-4H3/t13-/m1/s1. The smallest absolute Gasteiger partial charge is 0.0431 e. The van der Waals surface area contributed by atoms with E-state index in [1.165, 1.54) is 38.5 Å². The molecule has 0 aliphatic carbocycles. The van der Waals surface area contributed by atoms with Crippen LogP contribution in [0, 0.1) is 11.3 Å². The summed E-state index contributed by atoms with van der Waals surface area (Å²) in [5, 5.41) is 8.70. The monoisotopic (exact) mass is 214 g/mol. The third kappa shape index (κ3) is 10.2. The van der Waals surface area contributed by atoms with Crippen LogP contribution >= 0.6 is 0 Å². The van der Waals surface area contributed by atoms with E-state index in [1.54, 1.807) is 0 Å². The van der Waals surface area contributed by atoms with E-state index in [-0.39, 0.29) is 0 Å². The van der Waals surface area contributed by atoms with Crippen molar-refractivity contribution in [1.82, 2.24) is 0 Å². The zero-order valence-electron chi connectivity index (χ0n) is 11.2. The van der Waals surface area contributed by atoms with Crippen LogP contribution in [-0.2, 0) is 0 Å². The molecule has 1 nitrogen and oxygen atoms in total. The lowest BCUT2D eigenvalue weighted by molar-refractivity contribution is 0.274. The first-order valence-electron chi connectivity index (χ1n) is 6.60. The second-order valence-corrected chi connectivity index (χ2v) is 5.95. The second-order valence-electron chi connectivity index (χ2n) is 5.95. The lowest BCUT2D eigenvalue weighted by atomic mass is 9.84. The van der Waals surface area contributed by atoms with Crippen LogP contribution < -0.4 is 0 Å². The molecule has 1 N–H and O–H groups in total. The van der Waals surface area contributed by atoms with Crippen molar-refractivity contribution < 1.29 is 5.11 Å². The lowest BCUT2D eigenvalue weighted by Gasteiger charge is -2.22. The summed E-state index contributed by atoms with van der Waals surface area (Å²) >= 11 is 0. The summed E-state index contributed by atoms with van der Waals surface area (Å²) in [5.41, 5.74) is 0.485. The van der Waals surface area contributed by atoms with E-state index in [2.05, 4.69) is 27.7 Å². The van der Waals surface area contributed by atoms with Crippen LogP contribution in [0.25, 0.3) is 0 Å². The van der Waals surface area contributed by atoms with Crippen LogP contribution in [0.2, 0.25) is 0 Å². The highest BCUT2D eigenvalue weighted by Gasteiger charge is 2.13. The van der Waals surface area contributed by atoms with Crippen LogP contribution in [-0.4, -0.2) is 11.7 Å². The molecule has 0 aromatic rings. The summed E-state index contributed by atoms with van der Waals surface area (Å²) in [7, 11) is 0. The maximum Gasteiger partial charge on any atom is 0.0431 e. The molecule has 0 rings (SSSR count). The average Bonchev–Trinajstić information content (AvgIpc) is 2.15. The van der Waals surface area contributed by atoms with Gasteiger partial charge in [0, 0.05) is 6.61 Å². The predicted octanol–water partition coefficient (Wildman–Crippen LogP) is 4.39. The Hall–Kier alpha value is -0.0400. The van der Waals surface area contributed by atoms with Crippen LogP contribution in [0.5, 0.6) is 0 Å². The van der Waals surface area contributed by atoms with Crippen molar-refractivity contribution in [1.29, 1.82) is 0 Å². The maximum absolute atomic E-state index is 8.70.